The highest BCUT2D eigenvalue weighted by atomic mass is 32.2. The summed E-state index contributed by atoms with van der Waals surface area (Å²) < 4.78 is 90.4. The fourth-order valence-electron chi connectivity index (χ4n) is 1.53. The first kappa shape index (κ1) is 79.0. The lowest BCUT2D eigenvalue weighted by Gasteiger charge is -2.00. The SMILES string of the molecule is C.C.C=CCC.CCCOC.COC.COC(C)C.COC=O.COCC(=O)OC.COCCOC.COP(=O)(O)O[P+](C)=O.COS(=O)(=O)c1ccc(C)cc1. The molecule has 18 nitrogen and oxygen atoms in total. The molecule has 0 spiro atoms. The molecule has 0 aliphatic heterocycles. The van der Waals surface area contributed by atoms with Gasteiger partial charge in [0.1, 0.15) is 6.61 Å². The summed E-state index contributed by atoms with van der Waals surface area (Å²) >= 11 is 0. The number of hydrogen-bond acceptors (Lipinski definition) is 17. The zero-order chi connectivity index (χ0) is 45.2. The van der Waals surface area contributed by atoms with Crippen molar-refractivity contribution in [3.05, 3.63) is 42.5 Å². The Labute approximate surface area is 347 Å². The van der Waals surface area contributed by atoms with Gasteiger partial charge in [0.2, 0.25) is 0 Å². The molecule has 0 heterocycles. The summed E-state index contributed by atoms with van der Waals surface area (Å²) in [5.74, 6) is -0.345. The summed E-state index contributed by atoms with van der Waals surface area (Å²) in [6.07, 6.45) is 4.46. The number of phosphoric ester groups is 1. The van der Waals surface area contributed by atoms with Crippen molar-refractivity contribution in [1.82, 2.24) is 0 Å². The minimum absolute atomic E-state index is 0. The molecule has 57 heavy (non-hydrogen) atoms. The molecular formula is C36H81O18P2S+. The molecule has 0 aromatic heterocycles. The van der Waals surface area contributed by atoms with Gasteiger partial charge in [-0.15, -0.1) is 6.58 Å². The maximum atomic E-state index is 11.1. The van der Waals surface area contributed by atoms with Gasteiger partial charge in [0, 0.05) is 63.5 Å². The number of phosphoric acid groups is 1. The van der Waals surface area contributed by atoms with Crippen LogP contribution in [0.3, 0.4) is 0 Å². The van der Waals surface area contributed by atoms with Crippen LogP contribution in [0.15, 0.2) is 41.8 Å². The summed E-state index contributed by atoms with van der Waals surface area (Å²) in [6.45, 7) is 17.4. The predicted molar refractivity (Wildman–Crippen MR) is 229 cm³/mol. The second-order valence-electron chi connectivity index (χ2n) is 9.32. The van der Waals surface area contributed by atoms with Crippen LogP contribution in [0.5, 0.6) is 0 Å². The number of methoxy groups -OCH3 is 8. The minimum Gasteiger partial charge on any atom is -0.471 e. The van der Waals surface area contributed by atoms with Crippen molar-refractivity contribution < 1.29 is 82.9 Å². The highest BCUT2D eigenvalue weighted by Gasteiger charge is 2.29. The second-order valence-corrected chi connectivity index (χ2v) is 13.9. The third kappa shape index (κ3) is 95.9. The third-order valence-electron chi connectivity index (χ3n) is 4.22. The number of hydrogen-bond donors (Lipinski definition) is 1. The van der Waals surface area contributed by atoms with Crippen molar-refractivity contribution in [1.29, 1.82) is 0 Å². The molecule has 2 atom stereocenters. The fourth-order valence-corrected chi connectivity index (χ4v) is 3.62. The summed E-state index contributed by atoms with van der Waals surface area (Å²) in [7, 11) is 6.58. The topological polar surface area (TPSA) is 224 Å². The van der Waals surface area contributed by atoms with E-state index >= 15 is 0 Å². The Bertz CT molecular complexity index is 1060. The van der Waals surface area contributed by atoms with E-state index in [4.69, 9.17) is 19.2 Å². The number of carbonyl (C=O) groups is 2. The standard InChI is InChI=1S/C8H10O3S.C4H8O3.C4H10O2.2C4H10O.C4H8.C2H6O5P2.C2H4O2.C2H6O.2CH4/c1-7-3-5-8(6-4-7)12(9,10)11-2;1-6-3-4(5)7-2;1-5-3-4-6-2;1-4(2)5-3;1-3-4-5-2;1-3-4-2;1-6-9(4,5)7-8(2)3;1-4-2-3;1-3-2;;/h3-6H,1-2H3;3H2,1-2H3;3-4H2,1-2H3;4H,1-3H3;3-4H2,1-2H3;3H,1,4H2,2H3;1-2H3;2H,1H3;1-2H3;2*1H4/p+1. The zero-order valence-electron chi connectivity index (χ0n) is 36.2. The largest absolute Gasteiger partial charge is 0.515 e. The van der Waals surface area contributed by atoms with Crippen LogP contribution in [0.25, 0.3) is 0 Å². The molecule has 0 saturated carbocycles. The summed E-state index contributed by atoms with van der Waals surface area (Å²) in [5, 5.41) is 0. The van der Waals surface area contributed by atoms with Crippen molar-refractivity contribution in [2.45, 2.75) is 73.3 Å². The molecule has 0 aliphatic rings. The average molecular weight is 896 g/mol. The van der Waals surface area contributed by atoms with Crippen molar-refractivity contribution in [3.8, 4) is 0 Å². The first-order valence-corrected chi connectivity index (χ1v) is 20.6. The Balaban J connectivity index is -0.0000000561. The van der Waals surface area contributed by atoms with E-state index in [1.165, 1.54) is 33.5 Å². The van der Waals surface area contributed by atoms with Crippen LogP contribution in [-0.4, -0.2) is 143 Å². The van der Waals surface area contributed by atoms with E-state index in [-0.39, 0.29) is 32.3 Å². The summed E-state index contributed by atoms with van der Waals surface area (Å²) in [4.78, 5) is 27.6. The predicted octanol–water partition coefficient (Wildman–Crippen LogP) is 7.53. The van der Waals surface area contributed by atoms with E-state index in [0.29, 0.717) is 25.8 Å². The molecule has 0 fully saturated rings. The van der Waals surface area contributed by atoms with Crippen LogP contribution in [0.4, 0.5) is 0 Å². The van der Waals surface area contributed by atoms with Gasteiger partial charge in [0.25, 0.3) is 16.6 Å². The van der Waals surface area contributed by atoms with E-state index in [2.05, 4.69) is 61.9 Å². The second kappa shape index (κ2) is 65.6. The van der Waals surface area contributed by atoms with Gasteiger partial charge in [-0.3, -0.25) is 13.5 Å². The Morgan fingerprint density at radius 2 is 1.23 bits per heavy atom. The average Bonchev–Trinajstić information content (AvgIpc) is 3.15. The van der Waals surface area contributed by atoms with Gasteiger partial charge in [0.15, 0.2) is 6.66 Å². The van der Waals surface area contributed by atoms with Crippen LogP contribution in [-0.2, 0) is 79.7 Å². The maximum Gasteiger partial charge on any atom is 0.515 e. The van der Waals surface area contributed by atoms with Crippen LogP contribution in [0.1, 0.15) is 61.0 Å². The van der Waals surface area contributed by atoms with Crippen LogP contribution < -0.4 is 0 Å². The number of carbonyl (C=O) groups excluding carboxylic acids is 2. The Kier molecular flexibility index (Phi) is 91.0. The normalized spacial score (nSPS) is 10.1. The molecule has 1 rings (SSSR count). The van der Waals surface area contributed by atoms with Gasteiger partial charge >= 0.3 is 21.8 Å². The van der Waals surface area contributed by atoms with E-state index in [9.17, 15) is 22.3 Å². The summed E-state index contributed by atoms with van der Waals surface area (Å²) in [5.41, 5.74) is 1.02. The van der Waals surface area contributed by atoms with E-state index in [1.807, 2.05) is 26.8 Å². The third-order valence-corrected chi connectivity index (χ3v) is 7.72. The molecule has 21 heteroatoms. The monoisotopic (exact) mass is 895 g/mol. The highest BCUT2D eigenvalue weighted by molar-refractivity contribution is 7.86. The number of aryl methyl sites for hydroxylation is 1. The van der Waals surface area contributed by atoms with Crippen LogP contribution in [0.2, 0.25) is 0 Å². The molecule has 0 amide bonds. The van der Waals surface area contributed by atoms with Gasteiger partial charge in [-0.2, -0.15) is 8.42 Å². The van der Waals surface area contributed by atoms with Gasteiger partial charge < -0.3 is 42.8 Å². The molecule has 1 aromatic carbocycles. The Morgan fingerprint density at radius 3 is 1.37 bits per heavy atom. The Hall–Kier alpha value is -2.22. The van der Waals surface area contributed by atoms with Gasteiger partial charge in [0.05, 0.1) is 45.5 Å². The maximum absolute atomic E-state index is 11.1. The lowest BCUT2D eigenvalue weighted by atomic mass is 10.2. The van der Waals surface area contributed by atoms with Crippen molar-refractivity contribution in [2.75, 3.05) is 111 Å². The molecule has 0 radical (unpaired) electrons. The highest BCUT2D eigenvalue weighted by Crippen LogP contribution is 2.49. The van der Waals surface area contributed by atoms with Crippen molar-refractivity contribution >= 4 is 38.4 Å². The molecule has 0 saturated heterocycles. The molecule has 0 bridgehead atoms. The van der Waals surface area contributed by atoms with Crippen LogP contribution in [0, 0.1) is 6.92 Å². The molecule has 1 N–H and O–H groups in total. The van der Waals surface area contributed by atoms with E-state index in [0.717, 1.165) is 45.9 Å². The van der Waals surface area contributed by atoms with E-state index in [1.54, 1.807) is 54.8 Å². The van der Waals surface area contributed by atoms with Gasteiger partial charge in [-0.1, -0.05) is 52.5 Å². The number of rotatable bonds is 15. The smallest absolute Gasteiger partial charge is 0.471 e. The van der Waals surface area contributed by atoms with Gasteiger partial charge in [-0.05, 0) is 54.6 Å². The zero-order valence-corrected chi connectivity index (χ0v) is 38.8. The quantitative estimate of drug-likeness (QED) is 0.0448. The number of esters is 1. The van der Waals surface area contributed by atoms with Crippen LogP contribution >= 0.6 is 15.9 Å². The molecule has 1 aromatic rings. The fraction of sp³-hybridized carbons (Fsp3) is 0.722. The number of benzene rings is 1. The first-order valence-electron chi connectivity index (χ1n) is 16.1. The number of allylic oxidation sites excluding steroid dienone is 1. The van der Waals surface area contributed by atoms with Gasteiger partial charge in [-0.25, -0.2) is 9.36 Å². The first-order chi connectivity index (χ1) is 25.7. The van der Waals surface area contributed by atoms with Crippen molar-refractivity contribution in [2.24, 2.45) is 0 Å². The molecule has 0 aliphatic carbocycles. The lowest BCUT2D eigenvalue weighted by Crippen LogP contribution is -2.07. The molecule has 348 valence electrons. The molecular weight excluding hydrogens is 814 g/mol. The van der Waals surface area contributed by atoms with Crippen molar-refractivity contribution in [3.63, 3.8) is 0 Å². The minimum atomic E-state index is -4.01. The molecule has 2 unspecified atom stereocenters. The lowest BCUT2D eigenvalue weighted by molar-refractivity contribution is -0.144. The van der Waals surface area contributed by atoms with E-state index < -0.39 is 26.0 Å². The number of ether oxygens (including phenoxy) is 8. The Morgan fingerprint density at radius 1 is 0.860 bits per heavy atom. The summed E-state index contributed by atoms with van der Waals surface area (Å²) in [6, 6.07) is 6.50.